The summed E-state index contributed by atoms with van der Waals surface area (Å²) in [5.41, 5.74) is 1.31. The van der Waals surface area contributed by atoms with Gasteiger partial charge in [0.2, 0.25) is 5.91 Å². The fourth-order valence-electron chi connectivity index (χ4n) is 0.979. The van der Waals surface area contributed by atoms with Crippen LogP contribution in [0.3, 0.4) is 0 Å². The monoisotopic (exact) mass is 295 g/mol. The minimum Gasteiger partial charge on any atom is -0.324 e. The van der Waals surface area contributed by atoms with Crippen LogP contribution < -0.4 is 5.32 Å². The Morgan fingerprint density at radius 2 is 2.07 bits per heavy atom. The molecule has 0 radical (unpaired) electrons. The number of anilines is 1. The fourth-order valence-corrected chi connectivity index (χ4v) is 2.20. The maximum Gasteiger partial charge on any atom is 0.221 e. The number of carbonyl (C=O) groups excluding carboxylic acids is 1. The van der Waals surface area contributed by atoms with Crippen molar-refractivity contribution in [3.05, 3.63) is 26.1 Å². The van der Waals surface area contributed by atoms with Crippen LogP contribution in [0, 0.1) is 6.92 Å². The minimum atomic E-state index is -0.199. The molecule has 0 unspecified atom stereocenters. The zero-order valence-electron chi connectivity index (χ0n) is 7.62. The van der Waals surface area contributed by atoms with E-state index in [-0.39, 0.29) is 5.91 Å². The van der Waals surface area contributed by atoms with Crippen LogP contribution in [-0.4, -0.2) is 5.91 Å². The molecule has 0 heterocycles. The lowest BCUT2D eigenvalue weighted by Gasteiger charge is -2.11. The van der Waals surface area contributed by atoms with E-state index in [1.165, 1.54) is 6.92 Å². The first-order valence-corrected chi connectivity index (χ1v) is 5.40. The smallest absolute Gasteiger partial charge is 0.221 e. The molecule has 0 aliphatic rings. The molecule has 0 fully saturated rings. The van der Waals surface area contributed by atoms with Gasteiger partial charge in [0.05, 0.1) is 15.7 Å². The van der Waals surface area contributed by atoms with Crippen LogP contribution in [0.25, 0.3) is 0 Å². The molecule has 0 saturated heterocycles. The summed E-state index contributed by atoms with van der Waals surface area (Å²) in [5, 5.41) is 3.46. The molecule has 76 valence electrons. The fraction of sp³-hybridized carbons (Fsp3) is 0.222. The van der Waals surface area contributed by atoms with Gasteiger partial charge in [-0.2, -0.15) is 0 Å². The maximum absolute atomic E-state index is 10.9. The largest absolute Gasteiger partial charge is 0.324 e. The molecule has 0 aliphatic heterocycles. The van der Waals surface area contributed by atoms with Gasteiger partial charge in [0, 0.05) is 11.4 Å². The summed E-state index contributed by atoms with van der Waals surface area (Å²) in [6, 6.07) is 1.70. The van der Waals surface area contributed by atoms with E-state index in [0.717, 1.165) is 10.0 Å². The lowest BCUT2D eigenvalue weighted by molar-refractivity contribution is -0.114. The van der Waals surface area contributed by atoms with Gasteiger partial charge < -0.3 is 5.32 Å². The molecule has 1 N–H and O–H groups in total. The molecule has 14 heavy (non-hydrogen) atoms. The second-order valence-electron chi connectivity index (χ2n) is 2.84. The Kier molecular flexibility index (Phi) is 3.81. The zero-order valence-corrected chi connectivity index (χ0v) is 10.7. The predicted octanol–water partition coefficient (Wildman–Crippen LogP) is 4.02. The Hall–Kier alpha value is -0.250. The molecule has 1 aromatic rings. The van der Waals surface area contributed by atoms with Crippen molar-refractivity contribution in [3.63, 3.8) is 0 Å². The molecular weight excluding hydrogens is 289 g/mol. The zero-order chi connectivity index (χ0) is 10.9. The highest BCUT2D eigenvalue weighted by Gasteiger charge is 2.12. The molecule has 2 nitrogen and oxygen atoms in total. The van der Waals surface area contributed by atoms with Gasteiger partial charge in [0.1, 0.15) is 0 Å². The number of amides is 1. The third-order valence-corrected chi connectivity index (χ3v) is 3.29. The Balaban J connectivity index is 3.29. The van der Waals surface area contributed by atoms with Crippen LogP contribution in [0.2, 0.25) is 10.0 Å². The normalized spacial score (nSPS) is 10.1. The molecule has 1 rings (SSSR count). The van der Waals surface area contributed by atoms with E-state index in [2.05, 4.69) is 21.2 Å². The van der Waals surface area contributed by atoms with Crippen LogP contribution in [0.5, 0.6) is 0 Å². The van der Waals surface area contributed by atoms with E-state index in [0.29, 0.717) is 15.7 Å². The first-order chi connectivity index (χ1) is 6.43. The molecule has 0 aromatic heterocycles. The van der Waals surface area contributed by atoms with Gasteiger partial charge in [-0.1, -0.05) is 39.1 Å². The molecule has 0 aliphatic carbocycles. The van der Waals surface area contributed by atoms with Crippen LogP contribution in [-0.2, 0) is 4.79 Å². The molecule has 0 saturated carbocycles. The van der Waals surface area contributed by atoms with E-state index < -0.39 is 0 Å². The van der Waals surface area contributed by atoms with Gasteiger partial charge in [-0.05, 0) is 18.6 Å². The van der Waals surface area contributed by atoms with Gasteiger partial charge in [-0.3, -0.25) is 4.79 Å². The van der Waals surface area contributed by atoms with E-state index in [1.807, 2.05) is 6.92 Å². The number of nitrogens with one attached hydrogen (secondary N) is 1. The first kappa shape index (κ1) is 11.8. The molecule has 0 spiro atoms. The predicted molar refractivity (Wildman–Crippen MR) is 63.2 cm³/mol. The van der Waals surface area contributed by atoms with Gasteiger partial charge in [-0.25, -0.2) is 0 Å². The average molecular weight is 297 g/mol. The number of hydrogen-bond acceptors (Lipinski definition) is 1. The SMILES string of the molecule is CC(=O)Nc1c(Cl)cc(Br)c(C)c1Cl. The average Bonchev–Trinajstić information content (AvgIpc) is 2.09. The highest BCUT2D eigenvalue weighted by molar-refractivity contribution is 9.10. The van der Waals surface area contributed by atoms with Crippen molar-refractivity contribution in [3.8, 4) is 0 Å². The van der Waals surface area contributed by atoms with E-state index in [9.17, 15) is 4.79 Å². The number of hydrogen-bond donors (Lipinski definition) is 1. The van der Waals surface area contributed by atoms with Crippen molar-refractivity contribution in [1.29, 1.82) is 0 Å². The minimum absolute atomic E-state index is 0.199. The lowest BCUT2D eigenvalue weighted by atomic mass is 10.2. The highest BCUT2D eigenvalue weighted by atomic mass is 79.9. The quantitative estimate of drug-likeness (QED) is 0.833. The third-order valence-electron chi connectivity index (χ3n) is 1.70. The summed E-state index contributed by atoms with van der Waals surface area (Å²) < 4.78 is 0.821. The summed E-state index contributed by atoms with van der Waals surface area (Å²) in [6.45, 7) is 3.25. The van der Waals surface area contributed by atoms with E-state index in [1.54, 1.807) is 6.07 Å². The number of carbonyl (C=O) groups is 1. The van der Waals surface area contributed by atoms with Crippen molar-refractivity contribution in [2.24, 2.45) is 0 Å². The van der Waals surface area contributed by atoms with Gasteiger partial charge in [0.15, 0.2) is 0 Å². The molecule has 0 atom stereocenters. The third kappa shape index (κ3) is 2.41. The Morgan fingerprint density at radius 1 is 1.50 bits per heavy atom. The molecular formula is C9H8BrCl2NO. The number of rotatable bonds is 1. The van der Waals surface area contributed by atoms with Crippen molar-refractivity contribution < 1.29 is 4.79 Å². The van der Waals surface area contributed by atoms with Crippen LogP contribution >= 0.6 is 39.1 Å². The van der Waals surface area contributed by atoms with Crippen molar-refractivity contribution in [2.75, 3.05) is 5.32 Å². The summed E-state index contributed by atoms with van der Waals surface area (Å²) in [6.07, 6.45) is 0. The lowest BCUT2D eigenvalue weighted by Crippen LogP contribution is -2.07. The second kappa shape index (κ2) is 4.51. The van der Waals surface area contributed by atoms with Crippen LogP contribution in [0.1, 0.15) is 12.5 Å². The maximum atomic E-state index is 10.9. The number of benzene rings is 1. The summed E-state index contributed by atoms with van der Waals surface area (Å²) in [5.74, 6) is -0.199. The topological polar surface area (TPSA) is 29.1 Å². The van der Waals surface area contributed by atoms with E-state index in [4.69, 9.17) is 23.2 Å². The van der Waals surface area contributed by atoms with Crippen LogP contribution in [0.15, 0.2) is 10.5 Å². The molecule has 5 heteroatoms. The second-order valence-corrected chi connectivity index (χ2v) is 4.47. The molecule has 0 bridgehead atoms. The number of halogens is 3. The van der Waals surface area contributed by atoms with Gasteiger partial charge >= 0.3 is 0 Å². The first-order valence-electron chi connectivity index (χ1n) is 3.85. The van der Waals surface area contributed by atoms with Gasteiger partial charge in [-0.15, -0.1) is 0 Å². The highest BCUT2D eigenvalue weighted by Crippen LogP contribution is 2.37. The summed E-state index contributed by atoms with van der Waals surface area (Å²) in [7, 11) is 0. The Morgan fingerprint density at radius 3 is 2.57 bits per heavy atom. The molecule has 1 aromatic carbocycles. The van der Waals surface area contributed by atoms with Gasteiger partial charge in [0.25, 0.3) is 0 Å². The summed E-state index contributed by atoms with van der Waals surface area (Å²) in [4.78, 5) is 10.9. The Bertz CT molecular complexity index is 393. The van der Waals surface area contributed by atoms with E-state index >= 15 is 0 Å². The molecule has 1 amide bonds. The van der Waals surface area contributed by atoms with Crippen molar-refractivity contribution in [1.82, 2.24) is 0 Å². The Labute approximate surface area is 101 Å². The standard InChI is InChI=1S/C9H8BrCl2NO/c1-4-6(10)3-7(11)9(8(4)12)13-5(2)14/h3H,1-2H3,(H,13,14). The van der Waals surface area contributed by atoms with Crippen molar-refractivity contribution >= 4 is 50.7 Å². The van der Waals surface area contributed by atoms with Crippen molar-refractivity contribution in [2.45, 2.75) is 13.8 Å². The van der Waals surface area contributed by atoms with Crippen LogP contribution in [0.4, 0.5) is 5.69 Å². The summed E-state index contributed by atoms with van der Waals surface area (Å²) >= 11 is 15.3.